The highest BCUT2D eigenvalue weighted by atomic mass is 35.5. The summed E-state index contributed by atoms with van der Waals surface area (Å²) < 4.78 is 0.987. The Labute approximate surface area is 183 Å². The number of carbonyl (C=O) groups is 1. The standard InChI is InChI=1S/C20H16Cl2N3O2PS/c1-25(7-10-4-11(21)6-12(22)5-10)20(27)14-3-2-13-15(8-28)18-19(23-9-29-18)24-16(13)17(14)26/h2-6,9,26H,7-8,28H2,1H3. The molecule has 0 fully saturated rings. The van der Waals surface area contributed by atoms with E-state index in [1.807, 2.05) is 6.07 Å². The van der Waals surface area contributed by atoms with E-state index in [2.05, 4.69) is 19.2 Å². The monoisotopic (exact) mass is 463 g/mol. The minimum absolute atomic E-state index is 0.141. The summed E-state index contributed by atoms with van der Waals surface area (Å²) in [6, 6.07) is 8.61. The number of amides is 1. The molecular formula is C20H16Cl2N3O2PS. The molecule has 2 aromatic carbocycles. The molecule has 2 heterocycles. The van der Waals surface area contributed by atoms with Crippen LogP contribution in [0.3, 0.4) is 0 Å². The van der Waals surface area contributed by atoms with Gasteiger partial charge in [0.1, 0.15) is 5.52 Å². The number of fused-ring (bicyclic) bond motifs is 2. The van der Waals surface area contributed by atoms with Crippen LogP contribution in [0.15, 0.2) is 35.8 Å². The quantitative estimate of drug-likeness (QED) is 0.405. The molecule has 29 heavy (non-hydrogen) atoms. The summed E-state index contributed by atoms with van der Waals surface area (Å²) in [7, 11) is 4.35. The van der Waals surface area contributed by atoms with Crippen LogP contribution in [0.1, 0.15) is 21.5 Å². The van der Waals surface area contributed by atoms with E-state index >= 15 is 0 Å². The van der Waals surface area contributed by atoms with Crippen molar-refractivity contribution >= 4 is 70.9 Å². The van der Waals surface area contributed by atoms with Gasteiger partial charge in [0, 0.05) is 29.0 Å². The van der Waals surface area contributed by atoms with E-state index in [-0.39, 0.29) is 17.2 Å². The number of halogens is 2. The maximum atomic E-state index is 13.0. The third kappa shape index (κ3) is 3.78. The number of phenols is 1. The Morgan fingerprint density at radius 2 is 1.97 bits per heavy atom. The molecule has 0 saturated heterocycles. The lowest BCUT2D eigenvalue weighted by Crippen LogP contribution is -2.26. The lowest BCUT2D eigenvalue weighted by Gasteiger charge is -2.19. The first-order valence-electron chi connectivity index (χ1n) is 8.67. The number of benzene rings is 2. The second kappa shape index (κ2) is 8.04. The minimum atomic E-state index is -0.326. The number of pyridine rings is 1. The highest BCUT2D eigenvalue weighted by molar-refractivity contribution is 7.18. The van der Waals surface area contributed by atoms with Gasteiger partial charge in [-0.05, 0) is 41.6 Å². The molecule has 2 aromatic heterocycles. The van der Waals surface area contributed by atoms with E-state index in [1.54, 1.807) is 36.8 Å². The van der Waals surface area contributed by atoms with Gasteiger partial charge in [0.25, 0.3) is 5.91 Å². The van der Waals surface area contributed by atoms with Crippen LogP contribution in [0.4, 0.5) is 0 Å². The van der Waals surface area contributed by atoms with Crippen LogP contribution in [0, 0.1) is 0 Å². The molecule has 0 aliphatic rings. The van der Waals surface area contributed by atoms with E-state index < -0.39 is 0 Å². The molecular weight excluding hydrogens is 448 g/mol. The number of hydrogen-bond donors (Lipinski definition) is 1. The fraction of sp³-hybridized carbons (Fsp3) is 0.150. The smallest absolute Gasteiger partial charge is 0.257 e. The van der Waals surface area contributed by atoms with Crippen LogP contribution in [-0.2, 0) is 12.7 Å². The SMILES string of the molecule is CN(Cc1cc(Cl)cc(Cl)c1)C(=O)c1ccc2c(CP)c3scnc3nc2c1O. The van der Waals surface area contributed by atoms with Gasteiger partial charge in [-0.25, -0.2) is 9.97 Å². The molecule has 5 nitrogen and oxygen atoms in total. The molecule has 1 unspecified atom stereocenters. The van der Waals surface area contributed by atoms with E-state index in [9.17, 15) is 9.90 Å². The highest BCUT2D eigenvalue weighted by Crippen LogP contribution is 2.36. The van der Waals surface area contributed by atoms with Gasteiger partial charge in [-0.1, -0.05) is 29.3 Å². The van der Waals surface area contributed by atoms with Crippen molar-refractivity contribution in [3.8, 4) is 5.75 Å². The summed E-state index contributed by atoms with van der Waals surface area (Å²) in [5.74, 6) is -0.467. The molecule has 9 heteroatoms. The van der Waals surface area contributed by atoms with Crippen molar-refractivity contribution in [2.45, 2.75) is 12.7 Å². The van der Waals surface area contributed by atoms with Crippen molar-refractivity contribution < 1.29 is 9.90 Å². The van der Waals surface area contributed by atoms with Crippen LogP contribution >= 0.6 is 43.8 Å². The lowest BCUT2D eigenvalue weighted by atomic mass is 10.0. The van der Waals surface area contributed by atoms with Crippen molar-refractivity contribution in [2.24, 2.45) is 0 Å². The zero-order chi connectivity index (χ0) is 20.7. The maximum Gasteiger partial charge on any atom is 0.257 e. The van der Waals surface area contributed by atoms with E-state index in [0.29, 0.717) is 33.9 Å². The van der Waals surface area contributed by atoms with Gasteiger partial charge >= 0.3 is 0 Å². The lowest BCUT2D eigenvalue weighted by molar-refractivity contribution is 0.0782. The van der Waals surface area contributed by atoms with Gasteiger partial charge in [-0.3, -0.25) is 4.79 Å². The topological polar surface area (TPSA) is 66.3 Å². The Kier molecular flexibility index (Phi) is 5.63. The molecule has 0 bridgehead atoms. The van der Waals surface area contributed by atoms with Crippen LogP contribution in [0.2, 0.25) is 10.0 Å². The Bertz CT molecular complexity index is 1240. The first kappa shape index (κ1) is 20.3. The van der Waals surface area contributed by atoms with E-state index in [1.165, 1.54) is 16.2 Å². The van der Waals surface area contributed by atoms with Crippen molar-refractivity contribution in [1.29, 1.82) is 0 Å². The molecule has 4 rings (SSSR count). The average molecular weight is 464 g/mol. The third-order valence-corrected chi connectivity index (χ3v) is 6.36. The minimum Gasteiger partial charge on any atom is -0.505 e. The second-order valence-electron chi connectivity index (χ2n) is 6.60. The van der Waals surface area contributed by atoms with Gasteiger partial charge in [0.05, 0.1) is 15.8 Å². The number of rotatable bonds is 4. The Morgan fingerprint density at radius 3 is 2.66 bits per heavy atom. The van der Waals surface area contributed by atoms with Gasteiger partial charge in [-0.2, -0.15) is 0 Å². The fourth-order valence-electron chi connectivity index (χ4n) is 3.32. The molecule has 0 radical (unpaired) electrons. The number of aromatic hydroxyl groups is 1. The zero-order valence-electron chi connectivity index (χ0n) is 15.3. The van der Waals surface area contributed by atoms with E-state index in [0.717, 1.165) is 21.2 Å². The second-order valence-corrected chi connectivity index (χ2v) is 8.73. The number of phenolic OH excluding ortho intramolecular Hbond substituents is 1. The largest absolute Gasteiger partial charge is 0.505 e. The Morgan fingerprint density at radius 1 is 1.24 bits per heavy atom. The number of nitrogens with zero attached hydrogens (tertiary/aromatic N) is 3. The highest BCUT2D eigenvalue weighted by Gasteiger charge is 2.21. The van der Waals surface area contributed by atoms with Crippen LogP contribution in [0.5, 0.6) is 5.75 Å². The summed E-state index contributed by atoms with van der Waals surface area (Å²) in [6.07, 6.45) is 0.694. The normalized spacial score (nSPS) is 11.3. The Balaban J connectivity index is 1.74. The van der Waals surface area contributed by atoms with Crippen molar-refractivity contribution in [2.75, 3.05) is 7.05 Å². The fourth-order valence-corrected chi connectivity index (χ4v) is 5.26. The van der Waals surface area contributed by atoms with Gasteiger partial charge in [0.15, 0.2) is 11.4 Å². The molecule has 0 spiro atoms. The van der Waals surface area contributed by atoms with Crippen molar-refractivity contribution in [3.05, 3.63) is 62.6 Å². The number of hydrogen-bond acceptors (Lipinski definition) is 5. The van der Waals surface area contributed by atoms with Crippen molar-refractivity contribution in [3.63, 3.8) is 0 Å². The number of aromatic nitrogens is 2. The van der Waals surface area contributed by atoms with Crippen molar-refractivity contribution in [1.82, 2.24) is 14.9 Å². The zero-order valence-corrected chi connectivity index (χ0v) is 18.8. The molecule has 148 valence electrons. The predicted molar refractivity (Wildman–Crippen MR) is 122 cm³/mol. The first-order valence-corrected chi connectivity index (χ1v) is 11.1. The first-order chi connectivity index (χ1) is 13.9. The summed E-state index contributed by atoms with van der Waals surface area (Å²) in [5, 5.41) is 12.7. The molecule has 1 amide bonds. The number of thiazole rings is 1. The summed E-state index contributed by atoms with van der Waals surface area (Å²) in [6.45, 7) is 0.298. The number of carbonyl (C=O) groups excluding carboxylic acids is 1. The van der Waals surface area contributed by atoms with Crippen LogP contribution in [0.25, 0.3) is 21.3 Å². The van der Waals surface area contributed by atoms with Gasteiger partial charge < -0.3 is 10.0 Å². The average Bonchev–Trinajstić information content (AvgIpc) is 3.13. The molecule has 1 N–H and O–H groups in total. The third-order valence-electron chi connectivity index (χ3n) is 4.64. The van der Waals surface area contributed by atoms with Crippen LogP contribution in [-0.4, -0.2) is 32.9 Å². The Hall–Kier alpha value is -1.98. The van der Waals surface area contributed by atoms with Gasteiger partial charge in [-0.15, -0.1) is 20.6 Å². The molecule has 0 saturated carbocycles. The maximum absolute atomic E-state index is 13.0. The molecule has 0 aliphatic carbocycles. The van der Waals surface area contributed by atoms with Crippen LogP contribution < -0.4 is 0 Å². The molecule has 0 aliphatic heterocycles. The summed E-state index contributed by atoms with van der Waals surface area (Å²) >= 11 is 13.6. The summed E-state index contributed by atoms with van der Waals surface area (Å²) in [5.41, 5.74) is 4.70. The van der Waals surface area contributed by atoms with Gasteiger partial charge in [0.2, 0.25) is 0 Å². The molecule has 1 atom stereocenters. The summed E-state index contributed by atoms with van der Waals surface area (Å²) in [4.78, 5) is 23.3. The molecule has 4 aromatic rings. The van der Waals surface area contributed by atoms with E-state index in [4.69, 9.17) is 23.2 Å². The predicted octanol–water partition coefficient (Wildman–Crippen LogP) is 5.50.